The molecule has 2 aromatic heterocycles. The lowest BCUT2D eigenvalue weighted by molar-refractivity contribution is 0.133. The minimum absolute atomic E-state index is 0.0826. The lowest BCUT2D eigenvalue weighted by atomic mass is 9.80. The third kappa shape index (κ3) is 8.38. The molecule has 2 bridgehead atoms. The van der Waals surface area contributed by atoms with E-state index in [0.717, 1.165) is 134 Å². The number of nitrogens with two attached hydrogens (primary N) is 1. The van der Waals surface area contributed by atoms with E-state index >= 15 is 0 Å². The molecular weight excluding hydrogens is 705 g/mol. The summed E-state index contributed by atoms with van der Waals surface area (Å²) in [6.45, 7) is 24.5. The number of benzene rings is 2. The summed E-state index contributed by atoms with van der Waals surface area (Å²) >= 11 is 0. The molecule has 0 spiro atoms. The van der Waals surface area contributed by atoms with Gasteiger partial charge < -0.3 is 25.4 Å². The minimum Gasteiger partial charge on any atom is -0.404 e. The van der Waals surface area contributed by atoms with Gasteiger partial charge in [0.1, 0.15) is 11.6 Å². The van der Waals surface area contributed by atoms with Crippen LogP contribution < -0.4 is 16.0 Å². The van der Waals surface area contributed by atoms with Gasteiger partial charge in [0.05, 0.1) is 16.7 Å². The summed E-state index contributed by atoms with van der Waals surface area (Å²) in [5.41, 5.74) is 16.3. The quantitative estimate of drug-likeness (QED) is 0.211. The van der Waals surface area contributed by atoms with Crippen molar-refractivity contribution in [1.29, 1.82) is 0 Å². The standard InChI is InChI=1S/C45H57F2N9/c1-29-10-8-9-11-40(49-7)38(24-48)42-20-34(18-30(2)50-42)31(3)51-44-52-41-13-12-33(19-43(41)56(44)25-29)26-53-14-16-54(17-15-53)32(4)39-27-55(28-45(39,5)6)37-22-35(46)21-36(47)23-37/h12-13,18-24,29,39H,3-4,8-11,14-17,25-28,48H2,1-2,5-7H3,(H,51,52)/t29-,39?/m1/s1. The number of anilines is 2. The third-order valence-electron chi connectivity index (χ3n) is 12.0. The van der Waals surface area contributed by atoms with Gasteiger partial charge in [0.2, 0.25) is 5.95 Å². The Bertz CT molecular complexity index is 2150. The van der Waals surface area contributed by atoms with E-state index in [0.29, 0.717) is 18.2 Å². The fourth-order valence-corrected chi connectivity index (χ4v) is 8.90. The van der Waals surface area contributed by atoms with Crippen molar-refractivity contribution >= 4 is 39.7 Å². The summed E-state index contributed by atoms with van der Waals surface area (Å²) in [7, 11) is 1.83. The second-order valence-corrected chi connectivity index (χ2v) is 16.8. The van der Waals surface area contributed by atoms with Crippen LogP contribution in [0.5, 0.6) is 0 Å². The molecule has 5 heterocycles. The highest BCUT2D eigenvalue weighted by molar-refractivity contribution is 6.23. The Morgan fingerprint density at radius 3 is 2.48 bits per heavy atom. The van der Waals surface area contributed by atoms with Crippen molar-refractivity contribution in [2.75, 3.05) is 56.5 Å². The lowest BCUT2D eigenvalue weighted by Crippen LogP contribution is -2.47. The summed E-state index contributed by atoms with van der Waals surface area (Å²) in [5.74, 6) is 0.307. The van der Waals surface area contributed by atoms with E-state index in [4.69, 9.17) is 15.7 Å². The number of aromatic nitrogens is 3. The van der Waals surface area contributed by atoms with Crippen molar-refractivity contribution in [2.45, 2.75) is 66.5 Å². The molecule has 296 valence electrons. The molecule has 4 aromatic rings. The zero-order chi connectivity index (χ0) is 39.7. The molecule has 3 N–H and O–H groups in total. The van der Waals surface area contributed by atoms with Gasteiger partial charge in [-0.15, -0.1) is 0 Å². The maximum absolute atomic E-state index is 14.1. The van der Waals surface area contributed by atoms with Gasteiger partial charge in [0, 0.05) is 117 Å². The van der Waals surface area contributed by atoms with Crippen molar-refractivity contribution in [2.24, 2.45) is 28.0 Å². The van der Waals surface area contributed by atoms with Gasteiger partial charge in [-0.05, 0) is 79.5 Å². The molecule has 2 fully saturated rings. The van der Waals surface area contributed by atoms with Crippen LogP contribution in [0, 0.1) is 35.8 Å². The highest BCUT2D eigenvalue weighted by atomic mass is 19.1. The molecule has 2 aromatic carbocycles. The van der Waals surface area contributed by atoms with Gasteiger partial charge in [0.25, 0.3) is 0 Å². The summed E-state index contributed by atoms with van der Waals surface area (Å²) in [6.07, 6.45) is 5.66. The average Bonchev–Trinajstić information content (AvgIpc) is 3.66. The monoisotopic (exact) mass is 761 g/mol. The zero-order valence-electron chi connectivity index (χ0n) is 33.7. The number of piperazine rings is 1. The number of nitrogens with one attached hydrogen (secondary N) is 1. The normalized spacial score (nSPS) is 22.6. The first-order valence-electron chi connectivity index (χ1n) is 20.0. The molecule has 2 atom stereocenters. The van der Waals surface area contributed by atoms with Crippen LogP contribution in [0.2, 0.25) is 0 Å². The van der Waals surface area contributed by atoms with Crippen molar-refractivity contribution in [3.05, 3.63) is 108 Å². The largest absolute Gasteiger partial charge is 0.404 e. The van der Waals surface area contributed by atoms with Gasteiger partial charge in [0.15, 0.2) is 0 Å². The Morgan fingerprint density at radius 1 is 1.02 bits per heavy atom. The maximum atomic E-state index is 14.1. The zero-order valence-corrected chi connectivity index (χ0v) is 33.7. The van der Waals surface area contributed by atoms with Crippen LogP contribution in [0.4, 0.5) is 20.4 Å². The van der Waals surface area contributed by atoms with E-state index in [9.17, 15) is 8.78 Å². The van der Waals surface area contributed by atoms with Gasteiger partial charge in [-0.2, -0.15) is 0 Å². The van der Waals surface area contributed by atoms with Crippen LogP contribution in [0.25, 0.3) is 22.3 Å². The Labute approximate surface area is 330 Å². The Morgan fingerprint density at radius 2 is 1.77 bits per heavy atom. The summed E-state index contributed by atoms with van der Waals surface area (Å²) < 4.78 is 30.5. The van der Waals surface area contributed by atoms with Crippen LogP contribution in [-0.4, -0.2) is 76.4 Å². The summed E-state index contributed by atoms with van der Waals surface area (Å²) in [4.78, 5) is 21.6. The first-order chi connectivity index (χ1) is 26.8. The fraction of sp³-hybridized carbons (Fsp3) is 0.444. The van der Waals surface area contributed by atoms with E-state index in [1.54, 1.807) is 6.20 Å². The smallest absolute Gasteiger partial charge is 0.208 e. The highest BCUT2D eigenvalue weighted by Crippen LogP contribution is 2.42. The number of allylic oxidation sites excluding steroid dienone is 1. The second-order valence-electron chi connectivity index (χ2n) is 16.8. The van der Waals surface area contributed by atoms with Gasteiger partial charge in [-0.25, -0.2) is 13.8 Å². The SMILES string of the molecule is C=C1Nc2nc3ccc(CN4CCN(C(=C)C5CN(c6cc(F)cc(F)c6)CC5(C)C)CC4)cc3n2C[C@H](C)CCCCC(=NC)C(=CN)c2cc1cc(C)n2. The molecule has 0 saturated carbocycles. The number of hydrogen-bond donors (Lipinski definition) is 2. The molecule has 3 aliphatic rings. The highest BCUT2D eigenvalue weighted by Gasteiger charge is 2.42. The number of rotatable bonds is 5. The third-order valence-corrected chi connectivity index (χ3v) is 12.0. The van der Waals surface area contributed by atoms with Crippen molar-refractivity contribution in [3.63, 3.8) is 0 Å². The molecular formula is C45H57F2N9. The molecule has 11 heteroatoms. The van der Waals surface area contributed by atoms with Crippen LogP contribution in [-0.2, 0) is 13.1 Å². The van der Waals surface area contributed by atoms with Gasteiger partial charge >= 0.3 is 0 Å². The molecule has 9 nitrogen and oxygen atoms in total. The molecule has 1 unspecified atom stereocenters. The van der Waals surface area contributed by atoms with Crippen molar-refractivity contribution in [3.8, 4) is 0 Å². The molecule has 2 saturated heterocycles. The molecule has 0 amide bonds. The molecule has 56 heavy (non-hydrogen) atoms. The van der Waals surface area contributed by atoms with E-state index < -0.39 is 11.6 Å². The van der Waals surface area contributed by atoms with E-state index in [2.05, 4.69) is 81.7 Å². The van der Waals surface area contributed by atoms with Crippen LogP contribution in [0.3, 0.4) is 0 Å². The van der Waals surface area contributed by atoms with E-state index in [1.165, 1.54) is 17.7 Å². The van der Waals surface area contributed by atoms with E-state index in [-0.39, 0.29) is 11.3 Å². The van der Waals surface area contributed by atoms with Gasteiger partial charge in [-0.3, -0.25) is 14.9 Å². The first kappa shape index (κ1) is 39.2. The number of nitrogens with zero attached hydrogens (tertiary/aromatic N) is 7. The predicted octanol–water partition coefficient (Wildman–Crippen LogP) is 8.48. The predicted molar refractivity (Wildman–Crippen MR) is 226 cm³/mol. The number of imidazole rings is 1. The second kappa shape index (κ2) is 16.2. The maximum Gasteiger partial charge on any atom is 0.208 e. The number of fused-ring (bicyclic) bond motifs is 5. The molecule has 0 aliphatic carbocycles. The van der Waals surface area contributed by atoms with Crippen LogP contribution in [0.1, 0.15) is 69.0 Å². The Kier molecular flexibility index (Phi) is 11.4. The van der Waals surface area contributed by atoms with Crippen LogP contribution in [0.15, 0.2) is 78.6 Å². The number of hydrogen-bond acceptors (Lipinski definition) is 8. The van der Waals surface area contributed by atoms with Gasteiger partial charge in [-0.1, -0.05) is 46.4 Å². The summed E-state index contributed by atoms with van der Waals surface area (Å²) in [6, 6.07) is 14.5. The average molecular weight is 762 g/mol. The summed E-state index contributed by atoms with van der Waals surface area (Å²) in [5, 5.41) is 3.58. The molecule has 3 aliphatic heterocycles. The topological polar surface area (TPSA) is 90.8 Å². The van der Waals surface area contributed by atoms with Crippen LogP contribution >= 0.6 is 0 Å². The Hall–Kier alpha value is -5.03. The van der Waals surface area contributed by atoms with E-state index in [1.807, 2.05) is 26.1 Å². The first-order valence-corrected chi connectivity index (χ1v) is 20.0. The van der Waals surface area contributed by atoms with Crippen molar-refractivity contribution in [1.82, 2.24) is 24.3 Å². The number of aryl methyl sites for hydroxylation is 1. The minimum atomic E-state index is -0.547. The molecule has 7 rings (SSSR count). The number of pyridine rings is 1. The lowest BCUT2D eigenvalue weighted by Gasteiger charge is -2.41. The number of halogens is 2. The number of aliphatic imine (C=N–C) groups is 1. The fourth-order valence-electron chi connectivity index (χ4n) is 8.90. The van der Waals surface area contributed by atoms with Crippen molar-refractivity contribution < 1.29 is 8.78 Å². The Balaban J connectivity index is 1.06. The molecule has 0 radical (unpaired) electrons.